The lowest BCUT2D eigenvalue weighted by atomic mass is 9.77. The molecular weight excluding hydrogens is 537 g/mol. The normalized spacial score (nSPS) is 17.8. The smallest absolute Gasteiger partial charge is 0.433 e. The maximum Gasteiger partial charge on any atom is 0.433 e. The molecule has 0 amide bonds. The summed E-state index contributed by atoms with van der Waals surface area (Å²) in [5.41, 5.74) is 0.724. The maximum absolute atomic E-state index is 15.1. The van der Waals surface area contributed by atoms with Gasteiger partial charge in [-0.15, -0.1) is 0 Å². The van der Waals surface area contributed by atoms with E-state index in [0.717, 1.165) is 38.5 Å². The van der Waals surface area contributed by atoms with Crippen LogP contribution < -0.4 is 9.47 Å². The summed E-state index contributed by atoms with van der Waals surface area (Å²) in [7, 11) is 0. The van der Waals surface area contributed by atoms with E-state index in [1.165, 1.54) is 30.3 Å². The van der Waals surface area contributed by atoms with Gasteiger partial charge in [-0.2, -0.15) is 8.78 Å². The number of allylic oxidation sites excluding steroid dienone is 2. The predicted octanol–water partition coefficient (Wildman–Crippen LogP) is 9.73. The highest BCUT2D eigenvalue weighted by Crippen LogP contribution is 2.40. The van der Waals surface area contributed by atoms with Crippen LogP contribution in [0.15, 0.2) is 60.7 Å². The quantitative estimate of drug-likeness (QED) is 0.138. The van der Waals surface area contributed by atoms with Crippen molar-refractivity contribution in [3.05, 3.63) is 95.3 Å². The minimum Gasteiger partial charge on any atom is -0.483 e. The highest BCUT2D eigenvalue weighted by atomic mass is 19.3. The molecule has 0 bridgehead atoms. The number of rotatable bonds is 10. The van der Waals surface area contributed by atoms with Gasteiger partial charge in [-0.3, -0.25) is 0 Å². The molecule has 0 saturated heterocycles. The molecule has 0 N–H and O–H groups in total. The molecule has 0 aliphatic heterocycles. The summed E-state index contributed by atoms with van der Waals surface area (Å²) < 4.78 is 107. The van der Waals surface area contributed by atoms with Crippen LogP contribution in [-0.4, -0.2) is 12.7 Å². The van der Waals surface area contributed by atoms with Gasteiger partial charge in [0.2, 0.25) is 0 Å². The van der Waals surface area contributed by atoms with Gasteiger partial charge in [0.05, 0.1) is 0 Å². The lowest BCUT2D eigenvalue weighted by Gasteiger charge is -2.29. The van der Waals surface area contributed by atoms with E-state index in [1.54, 1.807) is 6.07 Å². The second-order valence-corrected chi connectivity index (χ2v) is 9.95. The number of ether oxygens (including phenoxy) is 2. The number of alkyl halides is 2. The molecule has 0 atom stereocenters. The van der Waals surface area contributed by atoms with Crippen molar-refractivity contribution in [2.24, 2.45) is 5.92 Å². The lowest BCUT2D eigenvalue weighted by molar-refractivity contribution is -0.195. The second-order valence-electron chi connectivity index (χ2n) is 9.95. The van der Waals surface area contributed by atoms with Crippen molar-refractivity contribution in [1.82, 2.24) is 0 Å². The minimum atomic E-state index is -4.01. The predicted molar refractivity (Wildman–Crippen MR) is 138 cm³/mol. The summed E-state index contributed by atoms with van der Waals surface area (Å²) in [5.74, 6) is -7.41. The molecule has 214 valence electrons. The molecule has 0 radical (unpaired) electrons. The van der Waals surface area contributed by atoms with E-state index < -0.39 is 47.6 Å². The highest BCUT2D eigenvalue weighted by molar-refractivity contribution is 5.65. The van der Waals surface area contributed by atoms with Gasteiger partial charge in [0.25, 0.3) is 0 Å². The highest BCUT2D eigenvalue weighted by Gasteiger charge is 2.34. The van der Waals surface area contributed by atoms with E-state index in [1.807, 2.05) is 13.0 Å². The van der Waals surface area contributed by atoms with E-state index in [0.29, 0.717) is 17.0 Å². The van der Waals surface area contributed by atoms with Gasteiger partial charge >= 0.3 is 6.11 Å². The third kappa shape index (κ3) is 7.17. The first-order valence-corrected chi connectivity index (χ1v) is 13.1. The molecule has 2 nitrogen and oxygen atoms in total. The average Bonchev–Trinajstić information content (AvgIpc) is 2.93. The Hall–Kier alpha value is -3.49. The summed E-state index contributed by atoms with van der Waals surface area (Å²) in [5, 5.41) is 0. The van der Waals surface area contributed by atoms with Gasteiger partial charge in [-0.05, 0) is 80.5 Å². The molecule has 40 heavy (non-hydrogen) atoms. The monoisotopic (exact) mass is 566 g/mol. The first-order valence-electron chi connectivity index (χ1n) is 13.1. The first-order chi connectivity index (χ1) is 19.1. The third-order valence-corrected chi connectivity index (χ3v) is 7.17. The Morgan fingerprint density at radius 3 is 2.08 bits per heavy atom. The van der Waals surface area contributed by atoms with Crippen molar-refractivity contribution in [2.45, 2.75) is 57.5 Å². The Kier molecular flexibility index (Phi) is 9.43. The number of hydrogen-bond donors (Lipinski definition) is 0. The molecule has 1 aliphatic rings. The summed E-state index contributed by atoms with van der Waals surface area (Å²) in [4.78, 5) is 0. The van der Waals surface area contributed by atoms with Crippen molar-refractivity contribution in [1.29, 1.82) is 0 Å². The Morgan fingerprint density at radius 2 is 1.45 bits per heavy atom. The van der Waals surface area contributed by atoms with Crippen molar-refractivity contribution in [3.63, 3.8) is 0 Å². The van der Waals surface area contributed by atoms with Crippen molar-refractivity contribution >= 4 is 0 Å². The van der Waals surface area contributed by atoms with Gasteiger partial charge < -0.3 is 9.47 Å². The molecule has 4 rings (SSSR count). The number of hydrogen-bond acceptors (Lipinski definition) is 2. The molecule has 0 heterocycles. The van der Waals surface area contributed by atoms with Crippen LogP contribution in [0.5, 0.6) is 11.5 Å². The minimum absolute atomic E-state index is 0.0295. The molecule has 0 spiro atoms. The summed E-state index contributed by atoms with van der Waals surface area (Å²) in [6, 6.07) is 9.09. The van der Waals surface area contributed by atoms with Gasteiger partial charge in [-0.1, -0.05) is 36.4 Å². The van der Waals surface area contributed by atoms with Crippen LogP contribution in [0.4, 0.5) is 30.7 Å². The molecule has 9 heteroatoms. The molecule has 1 saturated carbocycles. The summed E-state index contributed by atoms with van der Waals surface area (Å²) in [6.45, 7) is 0.661. The Morgan fingerprint density at radius 1 is 0.800 bits per heavy atom. The topological polar surface area (TPSA) is 18.5 Å². The first kappa shape index (κ1) is 29.5. The van der Waals surface area contributed by atoms with E-state index in [4.69, 9.17) is 4.74 Å². The van der Waals surface area contributed by atoms with Gasteiger partial charge in [0.15, 0.2) is 35.7 Å². The fourth-order valence-electron chi connectivity index (χ4n) is 5.05. The Bertz CT molecular complexity index is 1310. The van der Waals surface area contributed by atoms with E-state index in [9.17, 15) is 22.0 Å². The summed E-state index contributed by atoms with van der Waals surface area (Å²) in [6.07, 6.45) is 5.88. The van der Waals surface area contributed by atoms with Crippen LogP contribution in [0.1, 0.15) is 56.9 Å². The van der Waals surface area contributed by atoms with E-state index in [-0.39, 0.29) is 29.4 Å². The van der Waals surface area contributed by atoms with Crippen LogP contribution in [0.3, 0.4) is 0 Å². The van der Waals surface area contributed by atoms with Crippen LogP contribution in [-0.2, 0) is 0 Å². The Labute approximate surface area is 228 Å². The van der Waals surface area contributed by atoms with Crippen LogP contribution in [0.25, 0.3) is 11.1 Å². The van der Waals surface area contributed by atoms with Crippen LogP contribution in [0, 0.1) is 35.0 Å². The second kappa shape index (κ2) is 12.8. The molecular formula is C31H29F7O2. The van der Waals surface area contributed by atoms with Crippen LogP contribution in [0.2, 0.25) is 0 Å². The molecule has 1 fully saturated rings. The largest absolute Gasteiger partial charge is 0.483 e. The van der Waals surface area contributed by atoms with Crippen molar-refractivity contribution in [2.75, 3.05) is 6.61 Å². The van der Waals surface area contributed by atoms with Gasteiger partial charge in [0.1, 0.15) is 11.5 Å². The molecule has 3 aromatic carbocycles. The lowest BCUT2D eigenvalue weighted by Crippen LogP contribution is -2.32. The van der Waals surface area contributed by atoms with E-state index in [2.05, 4.69) is 10.8 Å². The van der Waals surface area contributed by atoms with Gasteiger partial charge in [0, 0.05) is 17.7 Å². The Balaban J connectivity index is 1.37. The fourth-order valence-corrected chi connectivity index (χ4v) is 5.05. The van der Waals surface area contributed by atoms with Gasteiger partial charge in [-0.25, -0.2) is 22.0 Å². The molecule has 1 aliphatic carbocycles. The maximum atomic E-state index is 15.1. The number of halogens is 7. The van der Waals surface area contributed by atoms with Crippen LogP contribution >= 0.6 is 0 Å². The zero-order valence-electron chi connectivity index (χ0n) is 21.8. The van der Waals surface area contributed by atoms with Crippen molar-refractivity contribution in [3.8, 4) is 22.6 Å². The fraction of sp³-hybridized carbons (Fsp3) is 0.355. The molecule has 0 unspecified atom stereocenters. The SMILES string of the molecule is C/C=C/CCC1CCC(c2ccc(-c3ccc(OCC(F)(F)Oc4cc(F)c(F)c(F)c4)cc3)c(F)c2F)CC1. The summed E-state index contributed by atoms with van der Waals surface area (Å²) >= 11 is 0. The zero-order valence-corrected chi connectivity index (χ0v) is 21.8. The standard InChI is InChI=1S/C31H29F7O2/c1-2-3-4-5-19-6-8-20(9-7-19)24-14-15-25(29(35)28(24)34)21-10-12-22(13-11-21)39-18-31(37,38)40-23-16-26(32)30(36)27(33)17-23/h2-3,10-17,19-20H,4-9,18H2,1H3/b3-2+. The molecule has 3 aromatic rings. The average molecular weight is 567 g/mol. The van der Waals surface area contributed by atoms with E-state index >= 15 is 8.78 Å². The van der Waals surface area contributed by atoms with Crippen molar-refractivity contribution < 1.29 is 40.2 Å². The molecule has 0 aromatic heterocycles. The zero-order chi connectivity index (χ0) is 28.9. The third-order valence-electron chi connectivity index (χ3n) is 7.17. The number of benzene rings is 3.